The molecule has 2 heterocycles. The molecule has 0 saturated heterocycles. The molecule has 1 aliphatic rings. The maximum atomic E-state index is 11.8. The van der Waals surface area contributed by atoms with E-state index < -0.39 is 0 Å². The Morgan fingerprint density at radius 3 is 2.83 bits per heavy atom. The number of carbonyl (C=O) groups is 1. The normalized spacial score (nSPS) is 13.3. The number of thiocarbonyl (C=S) groups is 1. The molecule has 122 valence electrons. The number of ether oxygens (including phenoxy) is 1. The Morgan fingerprint density at radius 2 is 2.09 bits per heavy atom. The van der Waals surface area contributed by atoms with Crippen molar-refractivity contribution in [2.45, 2.75) is 32.6 Å². The number of rotatable bonds is 3. The zero-order valence-electron chi connectivity index (χ0n) is 12.9. The van der Waals surface area contributed by atoms with Crippen molar-refractivity contribution in [3.05, 3.63) is 27.1 Å². The van der Waals surface area contributed by atoms with Gasteiger partial charge in [-0.15, -0.1) is 22.7 Å². The van der Waals surface area contributed by atoms with Crippen LogP contribution < -0.4 is 10.6 Å². The Hall–Kier alpha value is -1.51. The van der Waals surface area contributed by atoms with E-state index in [4.69, 9.17) is 17.0 Å². The summed E-state index contributed by atoms with van der Waals surface area (Å²) in [5.41, 5.74) is 1.69. The predicted molar refractivity (Wildman–Crippen MR) is 99.0 cm³/mol. The number of aryl methyl sites for hydroxylation is 3. The second kappa shape index (κ2) is 6.94. The molecule has 5 nitrogen and oxygen atoms in total. The average molecular weight is 368 g/mol. The van der Waals surface area contributed by atoms with Gasteiger partial charge in [-0.25, -0.2) is 9.78 Å². The van der Waals surface area contributed by atoms with Gasteiger partial charge in [0.05, 0.1) is 18.4 Å². The average Bonchev–Trinajstić information content (AvgIpc) is 3.08. The molecule has 0 radical (unpaired) electrons. The molecule has 0 aliphatic heterocycles. The fraction of sp³-hybridized carbons (Fsp3) is 0.400. The van der Waals surface area contributed by atoms with Crippen LogP contribution >= 0.6 is 34.9 Å². The molecule has 2 aromatic rings. The SMILES string of the molecule is COC(=O)c1cc(C)sc1NC(=S)Nc1nc2c(s1)CCCC2. The summed E-state index contributed by atoms with van der Waals surface area (Å²) in [6, 6.07) is 1.80. The van der Waals surface area contributed by atoms with Crippen molar-refractivity contribution in [2.24, 2.45) is 0 Å². The van der Waals surface area contributed by atoms with Crippen LogP contribution in [0.25, 0.3) is 0 Å². The molecule has 0 aromatic carbocycles. The van der Waals surface area contributed by atoms with Crippen LogP contribution in [0, 0.1) is 6.92 Å². The van der Waals surface area contributed by atoms with Gasteiger partial charge in [0.25, 0.3) is 0 Å². The van der Waals surface area contributed by atoms with Gasteiger partial charge in [-0.2, -0.15) is 0 Å². The van der Waals surface area contributed by atoms with Crippen LogP contribution in [0.3, 0.4) is 0 Å². The number of nitrogens with zero attached hydrogens (tertiary/aromatic N) is 1. The number of thiophene rings is 1. The molecule has 23 heavy (non-hydrogen) atoms. The van der Waals surface area contributed by atoms with Gasteiger partial charge in [0.1, 0.15) is 5.00 Å². The number of nitrogens with one attached hydrogen (secondary N) is 2. The van der Waals surface area contributed by atoms with E-state index in [1.54, 1.807) is 17.4 Å². The van der Waals surface area contributed by atoms with Gasteiger partial charge in [-0.05, 0) is 50.9 Å². The first kappa shape index (κ1) is 16.4. The van der Waals surface area contributed by atoms with Gasteiger partial charge in [0.2, 0.25) is 0 Å². The Kier molecular flexibility index (Phi) is 4.93. The lowest BCUT2D eigenvalue weighted by Crippen LogP contribution is -2.19. The van der Waals surface area contributed by atoms with E-state index in [-0.39, 0.29) is 5.97 Å². The van der Waals surface area contributed by atoms with E-state index in [9.17, 15) is 4.79 Å². The number of esters is 1. The summed E-state index contributed by atoms with van der Waals surface area (Å²) in [6.45, 7) is 1.94. The van der Waals surface area contributed by atoms with E-state index >= 15 is 0 Å². The first-order valence-electron chi connectivity index (χ1n) is 7.32. The summed E-state index contributed by atoms with van der Waals surface area (Å²) < 4.78 is 4.80. The highest BCUT2D eigenvalue weighted by molar-refractivity contribution is 7.80. The third-order valence-corrected chi connectivity index (χ3v) is 5.80. The third kappa shape index (κ3) is 3.70. The van der Waals surface area contributed by atoms with Gasteiger partial charge >= 0.3 is 5.97 Å². The third-order valence-electron chi connectivity index (χ3n) is 3.55. The summed E-state index contributed by atoms with van der Waals surface area (Å²) in [4.78, 5) is 18.8. The van der Waals surface area contributed by atoms with Crippen molar-refractivity contribution in [3.63, 3.8) is 0 Å². The Morgan fingerprint density at radius 1 is 1.30 bits per heavy atom. The standard InChI is InChI=1S/C15H17N3O2S3/c1-8-7-9(13(19)20-2)12(22-8)17-14(21)18-15-16-10-5-3-4-6-11(10)23-15/h7H,3-6H2,1-2H3,(H2,16,17,18,21). The van der Waals surface area contributed by atoms with Crippen molar-refractivity contribution in [3.8, 4) is 0 Å². The highest BCUT2D eigenvalue weighted by Crippen LogP contribution is 2.31. The number of aromatic nitrogens is 1. The van der Waals surface area contributed by atoms with Crippen LogP contribution in [0.2, 0.25) is 0 Å². The molecule has 0 spiro atoms. The summed E-state index contributed by atoms with van der Waals surface area (Å²) >= 11 is 8.47. The number of hydrogen-bond acceptors (Lipinski definition) is 6. The molecular weight excluding hydrogens is 350 g/mol. The van der Waals surface area contributed by atoms with Crippen molar-refractivity contribution in [1.82, 2.24) is 4.98 Å². The summed E-state index contributed by atoms with van der Waals surface area (Å²) in [6.07, 6.45) is 4.58. The molecule has 0 atom stereocenters. The monoisotopic (exact) mass is 367 g/mol. The molecule has 0 fully saturated rings. The minimum absolute atomic E-state index is 0.371. The van der Waals surface area contributed by atoms with Gasteiger partial charge in [0.15, 0.2) is 10.2 Å². The molecule has 2 aromatic heterocycles. The Labute approximate surface area is 148 Å². The highest BCUT2D eigenvalue weighted by Gasteiger charge is 2.18. The minimum Gasteiger partial charge on any atom is -0.465 e. The van der Waals surface area contributed by atoms with Crippen molar-refractivity contribution >= 4 is 56.1 Å². The number of anilines is 2. The van der Waals surface area contributed by atoms with Crippen molar-refractivity contribution < 1.29 is 9.53 Å². The maximum absolute atomic E-state index is 11.8. The molecule has 8 heteroatoms. The lowest BCUT2D eigenvalue weighted by molar-refractivity contribution is 0.0602. The summed E-state index contributed by atoms with van der Waals surface area (Å²) in [5, 5.41) is 8.13. The zero-order chi connectivity index (χ0) is 16.4. The predicted octanol–water partition coefficient (Wildman–Crippen LogP) is 3.99. The summed E-state index contributed by atoms with van der Waals surface area (Å²) in [7, 11) is 1.37. The number of methoxy groups -OCH3 is 1. The number of hydrogen-bond donors (Lipinski definition) is 2. The Bertz CT molecular complexity index is 728. The van der Waals surface area contributed by atoms with E-state index in [0.717, 1.165) is 22.9 Å². The van der Waals surface area contributed by atoms with E-state index in [2.05, 4.69) is 15.6 Å². The number of thiazole rings is 1. The quantitative estimate of drug-likeness (QED) is 0.632. The maximum Gasteiger partial charge on any atom is 0.340 e. The van der Waals surface area contributed by atoms with Crippen LogP contribution in [-0.2, 0) is 17.6 Å². The summed E-state index contributed by atoms with van der Waals surface area (Å²) in [5.74, 6) is -0.371. The van der Waals surface area contributed by atoms with Crippen LogP contribution in [-0.4, -0.2) is 23.2 Å². The van der Waals surface area contributed by atoms with E-state index in [0.29, 0.717) is 15.7 Å². The first-order chi connectivity index (χ1) is 11.1. The fourth-order valence-corrected chi connectivity index (χ4v) is 4.79. The fourth-order valence-electron chi connectivity index (χ4n) is 2.51. The lowest BCUT2D eigenvalue weighted by Gasteiger charge is -2.08. The molecule has 0 saturated carbocycles. The largest absolute Gasteiger partial charge is 0.465 e. The molecule has 0 unspecified atom stereocenters. The van der Waals surface area contributed by atoms with Crippen LogP contribution in [0.15, 0.2) is 6.07 Å². The van der Waals surface area contributed by atoms with Crippen LogP contribution in [0.1, 0.15) is 38.6 Å². The Balaban J connectivity index is 1.70. The molecule has 0 bridgehead atoms. The second-order valence-corrected chi connectivity index (χ2v) is 8.01. The molecule has 3 rings (SSSR count). The van der Waals surface area contributed by atoms with Crippen molar-refractivity contribution in [1.29, 1.82) is 0 Å². The van der Waals surface area contributed by atoms with Gasteiger partial charge in [-0.1, -0.05) is 0 Å². The van der Waals surface area contributed by atoms with E-state index in [1.165, 1.54) is 41.9 Å². The lowest BCUT2D eigenvalue weighted by atomic mass is 10.0. The van der Waals surface area contributed by atoms with Crippen LogP contribution in [0.4, 0.5) is 10.1 Å². The second-order valence-electron chi connectivity index (χ2n) is 5.27. The van der Waals surface area contributed by atoms with Gasteiger partial charge in [-0.3, -0.25) is 0 Å². The zero-order valence-corrected chi connectivity index (χ0v) is 15.3. The van der Waals surface area contributed by atoms with Crippen LogP contribution in [0.5, 0.6) is 0 Å². The first-order valence-corrected chi connectivity index (χ1v) is 9.36. The topological polar surface area (TPSA) is 63.2 Å². The highest BCUT2D eigenvalue weighted by atomic mass is 32.1. The molecule has 1 aliphatic carbocycles. The number of fused-ring (bicyclic) bond motifs is 1. The minimum atomic E-state index is -0.371. The molecular formula is C15H17N3O2S3. The number of carbonyl (C=O) groups excluding carboxylic acids is 1. The van der Waals surface area contributed by atoms with Crippen molar-refractivity contribution in [2.75, 3.05) is 17.7 Å². The van der Waals surface area contributed by atoms with Gasteiger partial charge in [0, 0.05) is 9.75 Å². The van der Waals surface area contributed by atoms with Gasteiger partial charge < -0.3 is 15.4 Å². The smallest absolute Gasteiger partial charge is 0.340 e. The molecule has 2 N–H and O–H groups in total. The molecule has 0 amide bonds. The van der Waals surface area contributed by atoms with E-state index in [1.807, 2.05) is 6.92 Å².